The first kappa shape index (κ1) is 49.8. The maximum atomic E-state index is 12.5. The smallest absolute Gasteiger partial charge is 0.362 e. The number of nitrogens with zero attached hydrogens (tertiary/aromatic N) is 1. The van der Waals surface area contributed by atoms with Gasteiger partial charge in [0.2, 0.25) is 0 Å². The van der Waals surface area contributed by atoms with Crippen molar-refractivity contribution >= 4 is 17.9 Å². The van der Waals surface area contributed by atoms with Crippen molar-refractivity contribution in [3.8, 4) is 0 Å². The van der Waals surface area contributed by atoms with Crippen LogP contribution in [-0.4, -0.2) is 80.6 Å². The zero-order valence-electron chi connectivity index (χ0n) is 34.2. The van der Waals surface area contributed by atoms with Crippen LogP contribution in [0.4, 0.5) is 0 Å². The third-order valence-corrected chi connectivity index (χ3v) is 8.60. The number of carbonyl (C=O) groups is 3. The SMILES string of the molecule is CC/C=C/C/C=C/C/C=C/C/C=C/C/C=C/CCCCCCCCC(=O)OCC(COCCC(C(=O)O)[N+](C)(C)C)OC(=O)CC/C=C/CCCCC. The summed E-state index contributed by atoms with van der Waals surface area (Å²) in [7, 11) is 5.49. The Bertz CT molecular complexity index is 1100. The quantitative estimate of drug-likeness (QED) is 0.0299. The number of allylic oxidation sites excluding steroid dienone is 12. The van der Waals surface area contributed by atoms with Gasteiger partial charge in [-0.2, -0.15) is 0 Å². The summed E-state index contributed by atoms with van der Waals surface area (Å²) in [5.74, 6) is -1.57. The Morgan fingerprint density at radius 3 is 1.66 bits per heavy atom. The fourth-order valence-electron chi connectivity index (χ4n) is 5.43. The van der Waals surface area contributed by atoms with E-state index in [0.717, 1.165) is 77.0 Å². The summed E-state index contributed by atoms with van der Waals surface area (Å²) in [5.41, 5.74) is 0. The number of rotatable bonds is 35. The first-order valence-corrected chi connectivity index (χ1v) is 20.5. The molecule has 53 heavy (non-hydrogen) atoms. The Morgan fingerprint density at radius 1 is 0.585 bits per heavy atom. The maximum absolute atomic E-state index is 12.5. The van der Waals surface area contributed by atoms with Crippen LogP contribution in [0.5, 0.6) is 0 Å². The van der Waals surface area contributed by atoms with Gasteiger partial charge in [0.15, 0.2) is 12.1 Å². The Morgan fingerprint density at radius 2 is 1.09 bits per heavy atom. The largest absolute Gasteiger partial charge is 0.477 e. The van der Waals surface area contributed by atoms with Gasteiger partial charge in [-0.3, -0.25) is 9.59 Å². The van der Waals surface area contributed by atoms with E-state index in [4.69, 9.17) is 14.2 Å². The number of hydrogen-bond donors (Lipinski definition) is 1. The molecule has 0 fully saturated rings. The molecule has 8 nitrogen and oxygen atoms in total. The molecule has 0 rings (SSSR count). The average molecular weight is 743 g/mol. The highest BCUT2D eigenvalue weighted by atomic mass is 16.6. The fourth-order valence-corrected chi connectivity index (χ4v) is 5.43. The Balaban J connectivity index is 4.27. The number of carbonyl (C=O) groups excluding carboxylic acids is 2. The molecular weight excluding hydrogens is 666 g/mol. The molecule has 302 valence electrons. The number of aliphatic carboxylic acids is 1. The van der Waals surface area contributed by atoms with Crippen LogP contribution >= 0.6 is 0 Å². The molecule has 0 aromatic carbocycles. The van der Waals surface area contributed by atoms with Gasteiger partial charge in [0.05, 0.1) is 34.4 Å². The van der Waals surface area contributed by atoms with E-state index in [1.807, 2.05) is 27.2 Å². The molecule has 0 aromatic rings. The monoisotopic (exact) mass is 743 g/mol. The first-order valence-electron chi connectivity index (χ1n) is 20.5. The van der Waals surface area contributed by atoms with E-state index in [9.17, 15) is 19.5 Å². The second kappa shape index (κ2) is 35.8. The number of carboxylic acid groups (broad SMARTS) is 1. The topological polar surface area (TPSA) is 99.1 Å². The van der Waals surface area contributed by atoms with Crippen molar-refractivity contribution in [3.05, 3.63) is 72.9 Å². The van der Waals surface area contributed by atoms with Crippen molar-refractivity contribution in [1.82, 2.24) is 0 Å². The summed E-state index contributed by atoms with van der Waals surface area (Å²) in [6.07, 6.45) is 44.1. The molecule has 0 spiro atoms. The highest BCUT2D eigenvalue weighted by Crippen LogP contribution is 2.12. The van der Waals surface area contributed by atoms with Crippen molar-refractivity contribution in [2.24, 2.45) is 0 Å². The van der Waals surface area contributed by atoms with E-state index in [1.54, 1.807) is 0 Å². The summed E-state index contributed by atoms with van der Waals surface area (Å²) in [4.78, 5) is 36.7. The van der Waals surface area contributed by atoms with E-state index in [-0.39, 0.29) is 42.7 Å². The molecule has 2 atom stereocenters. The van der Waals surface area contributed by atoms with Gasteiger partial charge < -0.3 is 23.8 Å². The molecule has 0 aliphatic heterocycles. The van der Waals surface area contributed by atoms with E-state index in [2.05, 4.69) is 80.7 Å². The molecule has 0 radical (unpaired) electrons. The summed E-state index contributed by atoms with van der Waals surface area (Å²) >= 11 is 0. The van der Waals surface area contributed by atoms with Crippen molar-refractivity contribution in [2.75, 3.05) is 41.0 Å². The van der Waals surface area contributed by atoms with Gasteiger partial charge in [0, 0.05) is 19.3 Å². The lowest BCUT2D eigenvalue weighted by Crippen LogP contribution is -2.50. The molecule has 0 amide bonds. The summed E-state index contributed by atoms with van der Waals surface area (Å²) in [6.45, 7) is 4.47. The summed E-state index contributed by atoms with van der Waals surface area (Å²) in [6, 6.07) is -0.623. The molecule has 0 aliphatic rings. The molecule has 1 N–H and O–H groups in total. The molecule has 0 saturated carbocycles. The number of unbranched alkanes of at least 4 members (excludes halogenated alkanes) is 9. The maximum Gasteiger partial charge on any atom is 0.362 e. The van der Waals surface area contributed by atoms with Gasteiger partial charge in [-0.05, 0) is 70.6 Å². The Kier molecular flexibility index (Phi) is 33.6. The second-order valence-electron chi connectivity index (χ2n) is 14.5. The third-order valence-electron chi connectivity index (χ3n) is 8.60. The van der Waals surface area contributed by atoms with Crippen LogP contribution < -0.4 is 0 Å². The van der Waals surface area contributed by atoms with Gasteiger partial charge in [0.1, 0.15) is 6.61 Å². The van der Waals surface area contributed by atoms with Crippen LogP contribution in [0.15, 0.2) is 72.9 Å². The zero-order valence-corrected chi connectivity index (χ0v) is 34.2. The van der Waals surface area contributed by atoms with Crippen LogP contribution in [-0.2, 0) is 28.6 Å². The number of quaternary nitrogens is 1. The van der Waals surface area contributed by atoms with Crippen LogP contribution in [0.2, 0.25) is 0 Å². The Hall–Kier alpha value is -3.23. The number of esters is 2. The minimum Gasteiger partial charge on any atom is -0.477 e. The fraction of sp³-hybridized carbons (Fsp3) is 0.667. The molecule has 0 bridgehead atoms. The van der Waals surface area contributed by atoms with Gasteiger partial charge in [-0.25, -0.2) is 4.79 Å². The molecule has 0 saturated heterocycles. The molecule has 0 aromatic heterocycles. The number of likely N-dealkylation sites (N-methyl/N-ethyl adjacent to an activating group) is 1. The lowest BCUT2D eigenvalue weighted by Gasteiger charge is -2.31. The normalized spacial score (nSPS) is 13.8. The van der Waals surface area contributed by atoms with E-state index in [1.165, 1.54) is 25.7 Å². The van der Waals surface area contributed by atoms with E-state index >= 15 is 0 Å². The third kappa shape index (κ3) is 34.3. The predicted molar refractivity (Wildman–Crippen MR) is 220 cm³/mol. The molecular formula is C45H76NO7+. The summed E-state index contributed by atoms with van der Waals surface area (Å²) < 4.78 is 17.1. The molecule has 0 aliphatic carbocycles. The number of ether oxygens (including phenoxy) is 3. The first-order chi connectivity index (χ1) is 25.6. The average Bonchev–Trinajstić information content (AvgIpc) is 3.11. The van der Waals surface area contributed by atoms with Crippen LogP contribution in [0.25, 0.3) is 0 Å². The lowest BCUT2D eigenvalue weighted by atomic mass is 10.1. The molecule has 2 unspecified atom stereocenters. The van der Waals surface area contributed by atoms with E-state index < -0.39 is 18.1 Å². The van der Waals surface area contributed by atoms with Crippen molar-refractivity contribution < 1.29 is 38.2 Å². The number of hydrogen-bond acceptors (Lipinski definition) is 6. The standard InChI is InChI=1S/C45H75NO7/c1-6-8-10-12-14-15-16-17-18-19-20-21-22-23-24-25-26-27-28-30-31-33-35-43(47)52-40-41(39-51-38-37-42(45(49)50)46(3,4)5)53-44(48)36-34-32-29-13-11-9-7-2/h8,10,14-15,17-18,20-21,23-24,29,32,41-42H,6-7,9,11-13,16,19,22,25-28,30-31,33-40H2,1-5H3/p+1/b10-8+,15-14+,18-17+,21-20+,24-23+,32-29+. The van der Waals surface area contributed by atoms with Gasteiger partial charge >= 0.3 is 17.9 Å². The van der Waals surface area contributed by atoms with Crippen LogP contribution in [0, 0.1) is 0 Å². The lowest BCUT2D eigenvalue weighted by molar-refractivity contribution is -0.887. The highest BCUT2D eigenvalue weighted by molar-refractivity contribution is 5.72. The van der Waals surface area contributed by atoms with Crippen molar-refractivity contribution in [1.29, 1.82) is 0 Å². The van der Waals surface area contributed by atoms with Crippen molar-refractivity contribution in [2.45, 2.75) is 154 Å². The van der Waals surface area contributed by atoms with Gasteiger partial charge in [-0.15, -0.1) is 0 Å². The van der Waals surface area contributed by atoms with E-state index in [0.29, 0.717) is 19.3 Å². The zero-order chi connectivity index (χ0) is 39.3. The van der Waals surface area contributed by atoms with Crippen LogP contribution in [0.3, 0.4) is 0 Å². The van der Waals surface area contributed by atoms with Crippen molar-refractivity contribution in [3.63, 3.8) is 0 Å². The number of carboxylic acids is 1. The molecule has 8 heteroatoms. The summed E-state index contributed by atoms with van der Waals surface area (Å²) in [5, 5.41) is 9.57. The minimum atomic E-state index is -0.887. The van der Waals surface area contributed by atoms with Gasteiger partial charge in [0.25, 0.3) is 0 Å². The molecule has 0 heterocycles. The highest BCUT2D eigenvalue weighted by Gasteiger charge is 2.31. The Labute approximate surface area is 323 Å². The second-order valence-corrected chi connectivity index (χ2v) is 14.5. The van der Waals surface area contributed by atoms with Crippen LogP contribution in [0.1, 0.15) is 142 Å². The predicted octanol–water partition coefficient (Wildman–Crippen LogP) is 10.8. The van der Waals surface area contributed by atoms with Gasteiger partial charge in [-0.1, -0.05) is 125 Å². The minimum absolute atomic E-state index is 0.0367.